The maximum atomic E-state index is 7.05. The smallest absolute Gasteiger partial charge is 0.141 e. The summed E-state index contributed by atoms with van der Waals surface area (Å²) in [5.74, 6) is -0.0753. The monoisotopic (exact) mass is 148 g/mol. The van der Waals surface area contributed by atoms with E-state index in [1.165, 1.54) is 12.4 Å². The molecule has 4 nitrogen and oxygen atoms in total. The lowest BCUT2D eigenvalue weighted by atomic mass is 10.2. The van der Waals surface area contributed by atoms with E-state index in [2.05, 4.69) is 4.98 Å². The average molecular weight is 148 g/mol. The van der Waals surface area contributed by atoms with E-state index in [1.54, 1.807) is 12.1 Å². The van der Waals surface area contributed by atoms with Crippen LogP contribution in [-0.2, 0) is 0 Å². The summed E-state index contributed by atoms with van der Waals surface area (Å²) in [6.07, 6.45) is 2.71. The minimum absolute atomic E-state index is 0.0753. The Hall–Kier alpha value is -1.71. The fourth-order valence-corrected chi connectivity index (χ4v) is 0.684. The van der Waals surface area contributed by atoms with Crippen LogP contribution in [0.2, 0.25) is 0 Å². The van der Waals surface area contributed by atoms with Crippen molar-refractivity contribution in [3.8, 4) is 0 Å². The van der Waals surface area contributed by atoms with Gasteiger partial charge in [-0.05, 0) is 17.7 Å². The van der Waals surface area contributed by atoms with Gasteiger partial charge >= 0.3 is 0 Å². The van der Waals surface area contributed by atoms with Crippen molar-refractivity contribution in [2.24, 2.45) is 5.73 Å². The highest BCUT2D eigenvalue weighted by Crippen LogP contribution is 1.96. The zero-order chi connectivity index (χ0) is 8.27. The summed E-state index contributed by atoms with van der Waals surface area (Å²) in [5, 5.41) is 14.0. The summed E-state index contributed by atoms with van der Waals surface area (Å²) < 4.78 is 0. The number of nitrogens with one attached hydrogen (secondary N) is 2. The number of amidine groups is 1. The molecule has 4 N–H and O–H groups in total. The highest BCUT2D eigenvalue weighted by Gasteiger charge is 1.96. The molecule has 11 heavy (non-hydrogen) atoms. The van der Waals surface area contributed by atoms with E-state index in [9.17, 15) is 0 Å². The Labute approximate surface area is 64.1 Å². The number of hydrogen-bond acceptors (Lipinski definition) is 3. The number of rotatable bonds is 2. The standard InChI is InChI=1S/C7H8N4/c8-4-5-1-2-11-6(3-5)7(9)10/h1-4,8H,(H3,9,10). The Morgan fingerprint density at radius 2 is 2.36 bits per heavy atom. The van der Waals surface area contributed by atoms with Crippen LogP contribution >= 0.6 is 0 Å². The highest BCUT2D eigenvalue weighted by molar-refractivity contribution is 5.94. The van der Waals surface area contributed by atoms with Gasteiger partial charge in [0.2, 0.25) is 0 Å². The Morgan fingerprint density at radius 3 is 2.91 bits per heavy atom. The molecule has 1 heterocycles. The first kappa shape index (κ1) is 7.40. The van der Waals surface area contributed by atoms with Gasteiger partial charge in [0, 0.05) is 12.4 Å². The molecule has 0 fully saturated rings. The lowest BCUT2D eigenvalue weighted by Gasteiger charge is -1.96. The van der Waals surface area contributed by atoms with E-state index in [-0.39, 0.29) is 5.84 Å². The van der Waals surface area contributed by atoms with Crippen LogP contribution < -0.4 is 5.73 Å². The quantitative estimate of drug-likeness (QED) is 0.418. The van der Waals surface area contributed by atoms with Gasteiger partial charge in [0.15, 0.2) is 0 Å². The molecule has 0 saturated carbocycles. The van der Waals surface area contributed by atoms with Gasteiger partial charge in [-0.1, -0.05) is 0 Å². The van der Waals surface area contributed by atoms with Crippen molar-refractivity contribution in [1.29, 1.82) is 10.8 Å². The molecule has 1 aromatic rings. The van der Waals surface area contributed by atoms with Gasteiger partial charge in [-0.3, -0.25) is 10.4 Å². The molecule has 0 aliphatic heterocycles. The molecular formula is C7H8N4. The van der Waals surface area contributed by atoms with Crippen molar-refractivity contribution in [3.63, 3.8) is 0 Å². The van der Waals surface area contributed by atoms with Gasteiger partial charge in [-0.2, -0.15) is 0 Å². The zero-order valence-corrected chi connectivity index (χ0v) is 5.83. The van der Waals surface area contributed by atoms with Crippen LogP contribution in [0.5, 0.6) is 0 Å². The second kappa shape index (κ2) is 2.92. The summed E-state index contributed by atoms with van der Waals surface area (Å²) in [7, 11) is 0. The first-order chi connectivity index (χ1) is 5.24. The van der Waals surface area contributed by atoms with Crippen molar-refractivity contribution in [2.75, 3.05) is 0 Å². The van der Waals surface area contributed by atoms with Crippen LogP contribution in [-0.4, -0.2) is 17.0 Å². The van der Waals surface area contributed by atoms with Crippen molar-refractivity contribution in [2.45, 2.75) is 0 Å². The van der Waals surface area contributed by atoms with Crippen LogP contribution in [0.1, 0.15) is 11.3 Å². The maximum absolute atomic E-state index is 7.05. The second-order valence-electron chi connectivity index (χ2n) is 2.03. The molecule has 0 amide bonds. The number of nitrogens with zero attached hydrogens (tertiary/aromatic N) is 1. The predicted molar refractivity (Wildman–Crippen MR) is 43.1 cm³/mol. The van der Waals surface area contributed by atoms with E-state index >= 15 is 0 Å². The lowest BCUT2D eigenvalue weighted by molar-refractivity contribution is 1.25. The SMILES string of the molecule is N=Cc1ccnc(C(=N)N)c1. The van der Waals surface area contributed by atoms with Crippen molar-refractivity contribution in [1.82, 2.24) is 4.98 Å². The third kappa shape index (κ3) is 1.61. The molecule has 0 aliphatic carbocycles. The molecule has 0 aromatic carbocycles. The number of nitrogens with two attached hydrogens (primary N) is 1. The Morgan fingerprint density at radius 1 is 1.64 bits per heavy atom. The van der Waals surface area contributed by atoms with Crippen LogP contribution in [0.15, 0.2) is 18.3 Å². The molecule has 1 rings (SSSR count). The summed E-state index contributed by atoms with van der Waals surface area (Å²) in [4.78, 5) is 3.83. The zero-order valence-electron chi connectivity index (χ0n) is 5.83. The normalized spacial score (nSPS) is 9.09. The fraction of sp³-hybridized carbons (Fsp3) is 0. The summed E-state index contributed by atoms with van der Waals surface area (Å²) in [5.41, 5.74) is 6.29. The van der Waals surface area contributed by atoms with Gasteiger partial charge in [-0.15, -0.1) is 0 Å². The average Bonchev–Trinajstić information content (AvgIpc) is 2.05. The van der Waals surface area contributed by atoms with Gasteiger partial charge in [0.05, 0.1) is 0 Å². The first-order valence-corrected chi connectivity index (χ1v) is 3.05. The van der Waals surface area contributed by atoms with Gasteiger partial charge < -0.3 is 11.1 Å². The molecular weight excluding hydrogens is 140 g/mol. The van der Waals surface area contributed by atoms with Gasteiger partial charge in [0.25, 0.3) is 0 Å². The summed E-state index contributed by atoms with van der Waals surface area (Å²) >= 11 is 0. The molecule has 0 atom stereocenters. The molecule has 4 heteroatoms. The van der Waals surface area contributed by atoms with Crippen LogP contribution in [0.25, 0.3) is 0 Å². The number of pyridine rings is 1. The Bertz CT molecular complexity index is 292. The molecule has 56 valence electrons. The van der Waals surface area contributed by atoms with Crippen LogP contribution in [0.4, 0.5) is 0 Å². The van der Waals surface area contributed by atoms with E-state index in [1.807, 2.05) is 0 Å². The second-order valence-corrected chi connectivity index (χ2v) is 2.03. The Balaban J connectivity index is 3.10. The molecule has 0 bridgehead atoms. The Kier molecular flexibility index (Phi) is 1.96. The molecule has 0 unspecified atom stereocenters. The fourth-order valence-electron chi connectivity index (χ4n) is 0.684. The molecule has 0 aliphatic rings. The van der Waals surface area contributed by atoms with Gasteiger partial charge in [0.1, 0.15) is 11.5 Å². The molecule has 0 spiro atoms. The predicted octanol–water partition coefficient (Wildman–Crippen LogP) is 0.363. The summed E-state index contributed by atoms with van der Waals surface area (Å²) in [6, 6.07) is 3.27. The highest BCUT2D eigenvalue weighted by atomic mass is 14.8. The molecule has 0 radical (unpaired) electrons. The first-order valence-electron chi connectivity index (χ1n) is 3.05. The maximum Gasteiger partial charge on any atom is 0.141 e. The minimum atomic E-state index is -0.0753. The largest absolute Gasteiger partial charge is 0.382 e. The summed E-state index contributed by atoms with van der Waals surface area (Å²) in [6.45, 7) is 0. The van der Waals surface area contributed by atoms with Crippen molar-refractivity contribution in [3.05, 3.63) is 29.6 Å². The third-order valence-electron chi connectivity index (χ3n) is 1.23. The van der Waals surface area contributed by atoms with Crippen molar-refractivity contribution >= 4 is 12.1 Å². The minimum Gasteiger partial charge on any atom is -0.382 e. The van der Waals surface area contributed by atoms with E-state index in [0.29, 0.717) is 11.3 Å². The van der Waals surface area contributed by atoms with Gasteiger partial charge in [-0.25, -0.2) is 0 Å². The van der Waals surface area contributed by atoms with Crippen molar-refractivity contribution < 1.29 is 0 Å². The van der Waals surface area contributed by atoms with Crippen LogP contribution in [0.3, 0.4) is 0 Å². The van der Waals surface area contributed by atoms with E-state index in [0.717, 1.165) is 0 Å². The topological polar surface area (TPSA) is 86.6 Å². The molecule has 0 saturated heterocycles. The van der Waals surface area contributed by atoms with E-state index < -0.39 is 0 Å². The molecule has 1 aromatic heterocycles. The van der Waals surface area contributed by atoms with E-state index in [4.69, 9.17) is 16.6 Å². The lowest BCUT2D eigenvalue weighted by Crippen LogP contribution is -2.13. The number of aromatic nitrogens is 1. The number of hydrogen-bond donors (Lipinski definition) is 3. The third-order valence-corrected chi connectivity index (χ3v) is 1.23. The van der Waals surface area contributed by atoms with Crippen LogP contribution in [0, 0.1) is 10.8 Å². The number of nitrogen functional groups attached to an aromatic ring is 1.